The van der Waals surface area contributed by atoms with E-state index in [1.807, 2.05) is 6.92 Å². The van der Waals surface area contributed by atoms with Gasteiger partial charge in [0.1, 0.15) is 0 Å². The van der Waals surface area contributed by atoms with E-state index < -0.39 is 0 Å². The van der Waals surface area contributed by atoms with Gasteiger partial charge in [0.2, 0.25) is 5.89 Å². The van der Waals surface area contributed by atoms with Crippen LogP contribution in [0.5, 0.6) is 0 Å². The highest BCUT2D eigenvalue weighted by molar-refractivity contribution is 4.94. The molecule has 5 nitrogen and oxygen atoms in total. The van der Waals surface area contributed by atoms with Crippen LogP contribution in [0.2, 0.25) is 0 Å². The monoisotopic (exact) mass is 222 g/mol. The first-order valence-corrected chi connectivity index (χ1v) is 6.06. The summed E-state index contributed by atoms with van der Waals surface area (Å²) in [6.07, 6.45) is 2.68. The van der Waals surface area contributed by atoms with Crippen LogP contribution in [0, 0.1) is 12.8 Å². The Hall–Kier alpha value is -0.940. The van der Waals surface area contributed by atoms with E-state index in [1.165, 1.54) is 25.9 Å². The molecular weight excluding hydrogens is 204 g/mol. The summed E-state index contributed by atoms with van der Waals surface area (Å²) in [5.41, 5.74) is 0. The molecule has 2 fully saturated rings. The van der Waals surface area contributed by atoms with Gasteiger partial charge in [0.25, 0.3) is 0 Å². The third kappa shape index (κ3) is 1.97. The van der Waals surface area contributed by atoms with E-state index in [0.717, 1.165) is 24.8 Å². The maximum absolute atomic E-state index is 4.99. The summed E-state index contributed by atoms with van der Waals surface area (Å²) >= 11 is 0. The number of aromatic nitrogens is 2. The average Bonchev–Trinajstić information content (AvgIpc) is 2.84. The summed E-state index contributed by atoms with van der Waals surface area (Å²) in [6, 6.07) is 0.682. The van der Waals surface area contributed by atoms with Gasteiger partial charge < -0.3 is 9.84 Å². The minimum Gasteiger partial charge on any atom is -0.340 e. The van der Waals surface area contributed by atoms with Crippen LogP contribution in [-0.2, 0) is 6.54 Å². The summed E-state index contributed by atoms with van der Waals surface area (Å²) in [6.45, 7) is 6.13. The number of hydrogen-bond donors (Lipinski definition) is 1. The number of nitrogens with zero attached hydrogens (tertiary/aromatic N) is 3. The molecule has 2 atom stereocenters. The van der Waals surface area contributed by atoms with Gasteiger partial charge in [-0.1, -0.05) is 5.16 Å². The van der Waals surface area contributed by atoms with Crippen molar-refractivity contribution in [3.05, 3.63) is 11.7 Å². The van der Waals surface area contributed by atoms with Crippen molar-refractivity contribution in [2.75, 3.05) is 19.6 Å². The Morgan fingerprint density at radius 1 is 1.50 bits per heavy atom. The van der Waals surface area contributed by atoms with Crippen molar-refractivity contribution in [3.63, 3.8) is 0 Å². The van der Waals surface area contributed by atoms with E-state index in [9.17, 15) is 0 Å². The number of hydrogen-bond acceptors (Lipinski definition) is 5. The average molecular weight is 222 g/mol. The molecule has 3 rings (SSSR count). The molecular formula is C11H18N4O. The number of nitrogens with one attached hydrogen (secondary N) is 1. The van der Waals surface area contributed by atoms with Crippen molar-refractivity contribution >= 4 is 0 Å². The molecule has 1 aromatic rings. The number of rotatable bonds is 2. The lowest BCUT2D eigenvalue weighted by Crippen LogP contribution is -2.40. The fourth-order valence-electron chi connectivity index (χ4n) is 2.87. The molecule has 0 saturated carbocycles. The van der Waals surface area contributed by atoms with E-state index in [1.54, 1.807) is 0 Å². The second kappa shape index (κ2) is 4.14. The van der Waals surface area contributed by atoms with Gasteiger partial charge >= 0.3 is 0 Å². The normalized spacial score (nSPS) is 30.6. The zero-order chi connectivity index (χ0) is 11.0. The number of likely N-dealkylation sites (tertiary alicyclic amines) is 1. The summed E-state index contributed by atoms with van der Waals surface area (Å²) in [5, 5.41) is 7.54. The third-order valence-electron chi connectivity index (χ3n) is 3.61. The van der Waals surface area contributed by atoms with E-state index in [4.69, 9.17) is 4.52 Å². The Balaban J connectivity index is 1.61. The van der Waals surface area contributed by atoms with Gasteiger partial charge in [0, 0.05) is 26.1 Å². The SMILES string of the molecule is Cc1nc(CN2C[C@@H]3CCCN[C@@H]3C2)no1. The molecule has 2 aliphatic rings. The standard InChI is InChI=1S/C11H18N4O/c1-8-13-11(14-16-8)7-15-5-9-3-2-4-12-10(9)6-15/h9-10,12H,2-7H2,1H3/t9-,10+/m0/s1. The molecule has 2 saturated heterocycles. The summed E-state index contributed by atoms with van der Waals surface area (Å²) < 4.78 is 4.99. The Bertz CT molecular complexity index is 351. The van der Waals surface area contributed by atoms with Crippen molar-refractivity contribution in [1.82, 2.24) is 20.4 Å². The van der Waals surface area contributed by atoms with Crippen LogP contribution in [0.15, 0.2) is 4.52 Å². The zero-order valence-corrected chi connectivity index (χ0v) is 9.65. The minimum absolute atomic E-state index is 0.657. The molecule has 3 heterocycles. The highest BCUT2D eigenvalue weighted by Crippen LogP contribution is 2.25. The summed E-state index contributed by atoms with van der Waals surface area (Å²) in [4.78, 5) is 6.68. The largest absolute Gasteiger partial charge is 0.340 e. The van der Waals surface area contributed by atoms with Crippen LogP contribution in [-0.4, -0.2) is 40.7 Å². The van der Waals surface area contributed by atoms with Crippen LogP contribution in [0.4, 0.5) is 0 Å². The molecule has 1 aromatic heterocycles. The van der Waals surface area contributed by atoms with Crippen LogP contribution >= 0.6 is 0 Å². The third-order valence-corrected chi connectivity index (χ3v) is 3.61. The van der Waals surface area contributed by atoms with E-state index in [0.29, 0.717) is 11.9 Å². The maximum Gasteiger partial charge on any atom is 0.223 e. The fraction of sp³-hybridized carbons (Fsp3) is 0.818. The van der Waals surface area contributed by atoms with Gasteiger partial charge in [-0.3, -0.25) is 4.90 Å². The van der Waals surface area contributed by atoms with Gasteiger partial charge in [-0.25, -0.2) is 0 Å². The topological polar surface area (TPSA) is 54.2 Å². The molecule has 0 spiro atoms. The van der Waals surface area contributed by atoms with E-state index in [-0.39, 0.29) is 0 Å². The van der Waals surface area contributed by atoms with Gasteiger partial charge in [-0.2, -0.15) is 4.98 Å². The Morgan fingerprint density at radius 2 is 2.44 bits per heavy atom. The summed E-state index contributed by atoms with van der Waals surface area (Å²) in [7, 11) is 0. The Kier molecular flexibility index (Phi) is 2.65. The predicted octanol–water partition coefficient (Wildman–Crippen LogP) is 0.562. The molecule has 0 bridgehead atoms. The van der Waals surface area contributed by atoms with Gasteiger partial charge in [-0.05, 0) is 25.3 Å². The first-order valence-electron chi connectivity index (χ1n) is 6.06. The van der Waals surface area contributed by atoms with Crippen LogP contribution in [0.25, 0.3) is 0 Å². The van der Waals surface area contributed by atoms with Crippen LogP contribution in [0.1, 0.15) is 24.6 Å². The number of piperidine rings is 1. The van der Waals surface area contributed by atoms with Gasteiger partial charge in [-0.15, -0.1) is 0 Å². The molecule has 0 radical (unpaired) electrons. The molecule has 88 valence electrons. The Labute approximate surface area is 95.2 Å². The first kappa shape index (κ1) is 10.2. The molecule has 0 aromatic carbocycles. The highest BCUT2D eigenvalue weighted by atomic mass is 16.5. The molecule has 5 heteroatoms. The second-order valence-electron chi connectivity index (χ2n) is 4.89. The molecule has 0 unspecified atom stereocenters. The minimum atomic E-state index is 0.657. The number of aryl methyl sites for hydroxylation is 1. The van der Waals surface area contributed by atoms with Gasteiger partial charge in [0.15, 0.2) is 5.82 Å². The molecule has 0 aliphatic carbocycles. The van der Waals surface area contributed by atoms with E-state index in [2.05, 4.69) is 20.4 Å². The zero-order valence-electron chi connectivity index (χ0n) is 9.65. The Morgan fingerprint density at radius 3 is 3.19 bits per heavy atom. The quantitative estimate of drug-likeness (QED) is 0.792. The van der Waals surface area contributed by atoms with Crippen molar-refractivity contribution in [1.29, 1.82) is 0 Å². The summed E-state index contributed by atoms with van der Waals surface area (Å²) in [5.74, 6) is 2.29. The first-order chi connectivity index (χ1) is 7.81. The molecule has 1 N–H and O–H groups in total. The van der Waals surface area contributed by atoms with Crippen molar-refractivity contribution in [2.24, 2.45) is 5.92 Å². The lowest BCUT2D eigenvalue weighted by atomic mass is 9.94. The molecule has 2 aliphatic heterocycles. The number of fused-ring (bicyclic) bond motifs is 1. The van der Waals surface area contributed by atoms with Crippen molar-refractivity contribution < 1.29 is 4.52 Å². The van der Waals surface area contributed by atoms with Crippen molar-refractivity contribution in [3.8, 4) is 0 Å². The van der Waals surface area contributed by atoms with Crippen LogP contribution in [0.3, 0.4) is 0 Å². The molecule has 0 amide bonds. The molecule has 16 heavy (non-hydrogen) atoms. The maximum atomic E-state index is 4.99. The second-order valence-corrected chi connectivity index (χ2v) is 4.89. The smallest absolute Gasteiger partial charge is 0.223 e. The lowest BCUT2D eigenvalue weighted by Gasteiger charge is -2.24. The lowest BCUT2D eigenvalue weighted by molar-refractivity contribution is 0.296. The van der Waals surface area contributed by atoms with Crippen molar-refractivity contribution in [2.45, 2.75) is 32.4 Å². The van der Waals surface area contributed by atoms with E-state index >= 15 is 0 Å². The fourth-order valence-corrected chi connectivity index (χ4v) is 2.87. The van der Waals surface area contributed by atoms with Gasteiger partial charge in [0.05, 0.1) is 6.54 Å². The predicted molar refractivity (Wildman–Crippen MR) is 58.8 cm³/mol. The van der Waals surface area contributed by atoms with Crippen LogP contribution < -0.4 is 5.32 Å². The highest BCUT2D eigenvalue weighted by Gasteiger charge is 2.34.